The van der Waals surface area contributed by atoms with Gasteiger partial charge in [-0.05, 0) is 38.1 Å². The third-order valence-corrected chi connectivity index (χ3v) is 3.62. The minimum Gasteiger partial charge on any atom is -0.376 e. The van der Waals surface area contributed by atoms with E-state index in [-0.39, 0.29) is 6.04 Å². The molecule has 3 rings (SSSR count). The third-order valence-electron chi connectivity index (χ3n) is 3.29. The molecule has 0 unspecified atom stereocenters. The largest absolute Gasteiger partial charge is 0.376 e. The summed E-state index contributed by atoms with van der Waals surface area (Å²) in [5, 5.41) is 9.24. The fourth-order valence-corrected chi connectivity index (χ4v) is 2.50. The number of hydrogen-bond donors (Lipinski definition) is 1. The smallest absolute Gasteiger partial charge is 0.146 e. The lowest BCUT2D eigenvalue weighted by Crippen LogP contribution is -2.12. The van der Waals surface area contributed by atoms with Crippen molar-refractivity contribution >= 4 is 28.2 Å². The molecule has 1 N–H and O–H groups in total. The van der Waals surface area contributed by atoms with E-state index in [0.29, 0.717) is 11.6 Å². The Morgan fingerprint density at radius 1 is 1.24 bits per heavy atom. The van der Waals surface area contributed by atoms with Crippen molar-refractivity contribution in [2.75, 3.05) is 5.32 Å². The molecule has 0 bridgehead atoms. The summed E-state index contributed by atoms with van der Waals surface area (Å²) in [5.41, 5.74) is 1.80. The molecular formula is C15H16ClN5. The first-order valence-corrected chi connectivity index (χ1v) is 7.20. The van der Waals surface area contributed by atoms with Crippen LogP contribution in [0.15, 0.2) is 36.8 Å². The standard InChI is InChI=1S/C15H16ClN5/c1-10(2)21-14(19-9-20-21)8-18-13-6-5-12(16)11-4-3-7-17-15(11)13/h3-7,9-10,18H,8H2,1-2H3. The minimum atomic E-state index is 0.282. The zero-order chi connectivity index (χ0) is 14.8. The van der Waals surface area contributed by atoms with Gasteiger partial charge in [-0.25, -0.2) is 9.67 Å². The molecule has 0 amide bonds. The first-order valence-electron chi connectivity index (χ1n) is 6.82. The molecule has 5 nitrogen and oxygen atoms in total. The lowest BCUT2D eigenvalue weighted by Gasteiger charge is -2.12. The molecule has 0 aliphatic rings. The Labute approximate surface area is 128 Å². The Bertz CT molecular complexity index is 766. The Morgan fingerprint density at radius 3 is 2.90 bits per heavy atom. The van der Waals surface area contributed by atoms with Crippen LogP contribution in [-0.2, 0) is 6.54 Å². The van der Waals surface area contributed by atoms with E-state index < -0.39 is 0 Å². The van der Waals surface area contributed by atoms with E-state index >= 15 is 0 Å². The molecule has 0 spiro atoms. The second-order valence-corrected chi connectivity index (χ2v) is 5.47. The number of halogens is 1. The number of hydrogen-bond acceptors (Lipinski definition) is 4. The van der Waals surface area contributed by atoms with Crippen LogP contribution in [0, 0.1) is 0 Å². The molecule has 0 atom stereocenters. The highest BCUT2D eigenvalue weighted by molar-refractivity contribution is 6.35. The first kappa shape index (κ1) is 13.8. The average molecular weight is 302 g/mol. The second kappa shape index (κ2) is 5.69. The van der Waals surface area contributed by atoms with Crippen molar-refractivity contribution in [1.82, 2.24) is 19.7 Å². The number of rotatable bonds is 4. The van der Waals surface area contributed by atoms with E-state index in [2.05, 4.69) is 34.2 Å². The molecule has 0 saturated heterocycles. The van der Waals surface area contributed by atoms with Gasteiger partial charge in [-0.3, -0.25) is 4.98 Å². The maximum Gasteiger partial charge on any atom is 0.146 e. The SMILES string of the molecule is CC(C)n1ncnc1CNc1ccc(Cl)c2cccnc12. The highest BCUT2D eigenvalue weighted by Crippen LogP contribution is 2.28. The van der Waals surface area contributed by atoms with Crippen molar-refractivity contribution in [3.63, 3.8) is 0 Å². The summed E-state index contributed by atoms with van der Waals surface area (Å²) in [5.74, 6) is 0.893. The molecule has 0 radical (unpaired) electrons. The average Bonchev–Trinajstić information content (AvgIpc) is 2.96. The molecule has 0 fully saturated rings. The van der Waals surface area contributed by atoms with E-state index in [9.17, 15) is 0 Å². The summed E-state index contributed by atoms with van der Waals surface area (Å²) in [6.07, 6.45) is 3.34. The second-order valence-electron chi connectivity index (χ2n) is 5.06. The maximum atomic E-state index is 6.20. The van der Waals surface area contributed by atoms with Gasteiger partial charge < -0.3 is 5.32 Å². The fraction of sp³-hybridized carbons (Fsp3) is 0.267. The normalized spacial score (nSPS) is 11.2. The lowest BCUT2D eigenvalue weighted by atomic mass is 10.2. The van der Waals surface area contributed by atoms with Gasteiger partial charge >= 0.3 is 0 Å². The van der Waals surface area contributed by atoms with Crippen LogP contribution in [0.1, 0.15) is 25.7 Å². The van der Waals surface area contributed by atoms with Gasteiger partial charge in [0.05, 0.1) is 22.8 Å². The molecule has 0 aliphatic carbocycles. The van der Waals surface area contributed by atoms with Crippen molar-refractivity contribution in [1.29, 1.82) is 0 Å². The van der Waals surface area contributed by atoms with E-state index in [0.717, 1.165) is 22.4 Å². The predicted octanol–water partition coefficient (Wildman–Crippen LogP) is 3.67. The van der Waals surface area contributed by atoms with E-state index in [1.54, 1.807) is 12.5 Å². The fourth-order valence-electron chi connectivity index (χ4n) is 2.29. The monoisotopic (exact) mass is 301 g/mol. The molecule has 6 heteroatoms. The molecule has 2 heterocycles. The Hall–Kier alpha value is -2.14. The van der Waals surface area contributed by atoms with Crippen molar-refractivity contribution in [3.8, 4) is 0 Å². The summed E-state index contributed by atoms with van der Waals surface area (Å²) in [7, 11) is 0. The number of benzene rings is 1. The molecule has 3 aromatic rings. The van der Waals surface area contributed by atoms with Crippen LogP contribution in [0.2, 0.25) is 5.02 Å². The topological polar surface area (TPSA) is 55.6 Å². The number of nitrogens with zero attached hydrogens (tertiary/aromatic N) is 4. The quantitative estimate of drug-likeness (QED) is 0.799. The number of anilines is 1. The Balaban J connectivity index is 1.89. The molecular weight excluding hydrogens is 286 g/mol. The van der Waals surface area contributed by atoms with E-state index in [1.807, 2.05) is 28.9 Å². The summed E-state index contributed by atoms with van der Waals surface area (Å²) < 4.78 is 1.90. The molecule has 108 valence electrons. The molecule has 0 aliphatic heterocycles. The first-order chi connectivity index (χ1) is 10.2. The van der Waals surface area contributed by atoms with Crippen LogP contribution >= 0.6 is 11.6 Å². The highest BCUT2D eigenvalue weighted by Gasteiger charge is 2.09. The van der Waals surface area contributed by atoms with Crippen LogP contribution in [0.25, 0.3) is 10.9 Å². The zero-order valence-corrected chi connectivity index (χ0v) is 12.7. The van der Waals surface area contributed by atoms with Crippen molar-refractivity contribution in [2.45, 2.75) is 26.4 Å². The number of pyridine rings is 1. The Morgan fingerprint density at radius 2 is 2.10 bits per heavy atom. The van der Waals surface area contributed by atoms with Crippen LogP contribution in [-0.4, -0.2) is 19.7 Å². The zero-order valence-electron chi connectivity index (χ0n) is 11.9. The van der Waals surface area contributed by atoms with Gasteiger partial charge in [-0.1, -0.05) is 11.6 Å². The molecule has 2 aromatic heterocycles. The minimum absolute atomic E-state index is 0.282. The van der Waals surface area contributed by atoms with Gasteiger partial charge in [0.15, 0.2) is 0 Å². The summed E-state index contributed by atoms with van der Waals surface area (Å²) in [6.45, 7) is 4.75. The Kier molecular flexibility index (Phi) is 3.75. The number of fused-ring (bicyclic) bond motifs is 1. The number of nitrogens with one attached hydrogen (secondary N) is 1. The molecule has 0 saturated carbocycles. The summed E-state index contributed by atoms with van der Waals surface area (Å²) >= 11 is 6.20. The predicted molar refractivity (Wildman–Crippen MR) is 84.5 cm³/mol. The van der Waals surface area contributed by atoms with Crippen LogP contribution in [0.4, 0.5) is 5.69 Å². The van der Waals surface area contributed by atoms with Gasteiger partial charge in [0.2, 0.25) is 0 Å². The van der Waals surface area contributed by atoms with Gasteiger partial charge in [0.1, 0.15) is 12.2 Å². The maximum absolute atomic E-state index is 6.20. The van der Waals surface area contributed by atoms with E-state index in [4.69, 9.17) is 11.6 Å². The van der Waals surface area contributed by atoms with Gasteiger partial charge in [0, 0.05) is 17.6 Å². The van der Waals surface area contributed by atoms with Crippen LogP contribution < -0.4 is 5.32 Å². The van der Waals surface area contributed by atoms with Gasteiger partial charge in [0.25, 0.3) is 0 Å². The highest BCUT2D eigenvalue weighted by atomic mass is 35.5. The summed E-state index contributed by atoms with van der Waals surface area (Å²) in [6, 6.07) is 7.94. The van der Waals surface area contributed by atoms with Crippen molar-refractivity contribution in [3.05, 3.63) is 47.6 Å². The van der Waals surface area contributed by atoms with Gasteiger partial charge in [-0.15, -0.1) is 0 Å². The van der Waals surface area contributed by atoms with E-state index in [1.165, 1.54) is 0 Å². The van der Waals surface area contributed by atoms with Crippen molar-refractivity contribution < 1.29 is 0 Å². The van der Waals surface area contributed by atoms with Crippen LogP contribution in [0.3, 0.4) is 0 Å². The van der Waals surface area contributed by atoms with Gasteiger partial charge in [-0.2, -0.15) is 5.10 Å². The molecule has 1 aromatic carbocycles. The van der Waals surface area contributed by atoms with Crippen LogP contribution in [0.5, 0.6) is 0 Å². The van der Waals surface area contributed by atoms with Crippen molar-refractivity contribution in [2.24, 2.45) is 0 Å². The summed E-state index contributed by atoms with van der Waals surface area (Å²) in [4.78, 5) is 8.70. The third kappa shape index (κ3) is 2.69. The number of aromatic nitrogens is 4. The lowest BCUT2D eigenvalue weighted by molar-refractivity contribution is 0.509. The molecule has 21 heavy (non-hydrogen) atoms.